The van der Waals surface area contributed by atoms with Crippen molar-refractivity contribution in [3.8, 4) is 5.75 Å². The van der Waals surface area contributed by atoms with Gasteiger partial charge in [-0.2, -0.15) is 0 Å². The van der Waals surface area contributed by atoms with Crippen molar-refractivity contribution in [2.24, 2.45) is 0 Å². The molecule has 0 aliphatic rings. The smallest absolute Gasteiger partial charge is 0.124 e. The van der Waals surface area contributed by atoms with E-state index < -0.39 is 0 Å². The lowest BCUT2D eigenvalue weighted by molar-refractivity contribution is 0.282. The number of aliphatic hydroxyl groups excluding tert-OH is 1. The average Bonchev–Trinajstić information content (AvgIpc) is 2.45. The summed E-state index contributed by atoms with van der Waals surface area (Å²) in [5, 5.41) is 12.6. The highest BCUT2D eigenvalue weighted by Crippen LogP contribution is 2.25. The number of methoxy groups -OCH3 is 1. The van der Waals surface area contributed by atoms with Crippen molar-refractivity contribution in [1.29, 1.82) is 0 Å². The van der Waals surface area contributed by atoms with Gasteiger partial charge in [-0.05, 0) is 36.6 Å². The number of hydrogen-bond acceptors (Lipinski definition) is 4. The Morgan fingerprint density at radius 1 is 1.25 bits per heavy atom. The summed E-state index contributed by atoms with van der Waals surface area (Å²) in [7, 11) is 1.69. The van der Waals surface area contributed by atoms with Crippen molar-refractivity contribution in [2.45, 2.75) is 27.0 Å². The quantitative estimate of drug-likeness (QED) is 0.878. The number of rotatable bonds is 5. The highest BCUT2D eigenvalue weighted by Gasteiger charge is 2.06. The first-order valence-electron chi connectivity index (χ1n) is 6.57. The van der Waals surface area contributed by atoms with Gasteiger partial charge in [0.15, 0.2) is 0 Å². The molecule has 0 unspecified atom stereocenters. The van der Waals surface area contributed by atoms with E-state index in [1.807, 2.05) is 19.9 Å². The summed E-state index contributed by atoms with van der Waals surface area (Å²) in [5.74, 6) is 0.936. The number of aliphatic hydroxyl groups is 1. The molecule has 2 aromatic rings. The Labute approximate surface area is 119 Å². The first-order valence-corrected chi connectivity index (χ1v) is 6.57. The van der Waals surface area contributed by atoms with Crippen molar-refractivity contribution in [2.75, 3.05) is 12.4 Å². The topological polar surface area (TPSA) is 54.4 Å². The fraction of sp³-hybridized carbons (Fsp3) is 0.312. The molecule has 0 aliphatic heterocycles. The van der Waals surface area contributed by atoms with Crippen LogP contribution in [-0.2, 0) is 13.2 Å². The molecule has 0 bridgehead atoms. The second-order valence-electron chi connectivity index (χ2n) is 4.81. The third-order valence-electron chi connectivity index (χ3n) is 3.29. The molecule has 4 heteroatoms. The van der Waals surface area contributed by atoms with E-state index in [9.17, 15) is 5.11 Å². The van der Waals surface area contributed by atoms with Gasteiger partial charge < -0.3 is 15.2 Å². The molecule has 0 saturated carbocycles. The maximum Gasteiger partial charge on any atom is 0.124 e. The van der Waals surface area contributed by atoms with Crippen LogP contribution >= 0.6 is 0 Å². The number of aromatic nitrogens is 1. The van der Waals surface area contributed by atoms with Crippen LogP contribution in [0.5, 0.6) is 5.75 Å². The Balaban J connectivity index is 2.15. The SMILES string of the molecule is COc1c(C)cc(CNc2cnccc2CO)cc1C. The summed E-state index contributed by atoms with van der Waals surface area (Å²) in [6, 6.07) is 6.02. The van der Waals surface area contributed by atoms with Gasteiger partial charge in [0.2, 0.25) is 0 Å². The van der Waals surface area contributed by atoms with Gasteiger partial charge in [-0.3, -0.25) is 4.98 Å². The van der Waals surface area contributed by atoms with E-state index in [1.54, 1.807) is 19.5 Å². The molecule has 0 aliphatic carbocycles. The first-order chi connectivity index (χ1) is 9.65. The maximum absolute atomic E-state index is 9.29. The number of aryl methyl sites for hydroxylation is 2. The van der Waals surface area contributed by atoms with Crippen LogP contribution in [0, 0.1) is 13.8 Å². The monoisotopic (exact) mass is 272 g/mol. The van der Waals surface area contributed by atoms with Crippen molar-refractivity contribution in [1.82, 2.24) is 4.98 Å². The molecule has 0 saturated heterocycles. The number of hydrogen-bond donors (Lipinski definition) is 2. The van der Waals surface area contributed by atoms with E-state index in [2.05, 4.69) is 22.4 Å². The Hall–Kier alpha value is -2.07. The molecule has 20 heavy (non-hydrogen) atoms. The van der Waals surface area contributed by atoms with Crippen LogP contribution in [0.2, 0.25) is 0 Å². The zero-order valence-electron chi connectivity index (χ0n) is 12.1. The zero-order chi connectivity index (χ0) is 14.5. The molecule has 1 aromatic carbocycles. The second-order valence-corrected chi connectivity index (χ2v) is 4.81. The predicted octanol–water partition coefficient (Wildman–Crippen LogP) is 2.81. The van der Waals surface area contributed by atoms with Crippen LogP contribution in [0.25, 0.3) is 0 Å². The Kier molecular flexibility index (Phi) is 4.58. The first kappa shape index (κ1) is 14.3. The summed E-state index contributed by atoms with van der Waals surface area (Å²) in [4.78, 5) is 4.07. The molecule has 0 spiro atoms. The van der Waals surface area contributed by atoms with Gasteiger partial charge in [0.25, 0.3) is 0 Å². The summed E-state index contributed by atoms with van der Waals surface area (Å²) in [6.07, 6.45) is 3.41. The van der Waals surface area contributed by atoms with Crippen LogP contribution < -0.4 is 10.1 Å². The Bertz CT molecular complexity index is 574. The summed E-state index contributed by atoms with van der Waals surface area (Å²) < 4.78 is 5.37. The van der Waals surface area contributed by atoms with Crippen molar-refractivity contribution < 1.29 is 9.84 Å². The fourth-order valence-corrected chi connectivity index (χ4v) is 2.38. The molecule has 0 atom stereocenters. The predicted molar refractivity (Wildman–Crippen MR) is 80.0 cm³/mol. The Morgan fingerprint density at radius 2 is 1.95 bits per heavy atom. The molecule has 1 heterocycles. The lowest BCUT2D eigenvalue weighted by atomic mass is 10.1. The van der Waals surface area contributed by atoms with Gasteiger partial charge in [0.05, 0.1) is 25.6 Å². The van der Waals surface area contributed by atoms with Gasteiger partial charge in [-0.1, -0.05) is 12.1 Å². The third kappa shape index (κ3) is 3.08. The van der Waals surface area contributed by atoms with Crippen molar-refractivity contribution >= 4 is 5.69 Å². The van der Waals surface area contributed by atoms with Crippen molar-refractivity contribution in [3.05, 3.63) is 52.8 Å². The number of nitrogens with zero attached hydrogens (tertiary/aromatic N) is 1. The number of nitrogens with one attached hydrogen (secondary N) is 1. The summed E-state index contributed by atoms with van der Waals surface area (Å²) >= 11 is 0. The third-order valence-corrected chi connectivity index (χ3v) is 3.29. The second kappa shape index (κ2) is 6.39. The minimum absolute atomic E-state index is 0.00548. The number of pyridine rings is 1. The van der Waals surface area contributed by atoms with Crippen molar-refractivity contribution in [3.63, 3.8) is 0 Å². The van der Waals surface area contributed by atoms with E-state index >= 15 is 0 Å². The fourth-order valence-electron chi connectivity index (χ4n) is 2.38. The van der Waals surface area contributed by atoms with Crippen LogP contribution in [-0.4, -0.2) is 17.2 Å². The van der Waals surface area contributed by atoms with Gasteiger partial charge in [-0.15, -0.1) is 0 Å². The zero-order valence-corrected chi connectivity index (χ0v) is 12.1. The summed E-state index contributed by atoms with van der Waals surface area (Å²) in [5.41, 5.74) is 5.13. The van der Waals surface area contributed by atoms with Gasteiger partial charge in [0, 0.05) is 18.3 Å². The van der Waals surface area contributed by atoms with Gasteiger partial charge in [0.1, 0.15) is 5.75 Å². The molecule has 0 amide bonds. The van der Waals surface area contributed by atoms with Gasteiger partial charge >= 0.3 is 0 Å². The lowest BCUT2D eigenvalue weighted by Crippen LogP contribution is -2.04. The van der Waals surface area contributed by atoms with Crippen LogP contribution in [0.15, 0.2) is 30.6 Å². The van der Waals surface area contributed by atoms with E-state index in [0.717, 1.165) is 28.1 Å². The van der Waals surface area contributed by atoms with E-state index in [4.69, 9.17) is 4.74 Å². The van der Waals surface area contributed by atoms with E-state index in [-0.39, 0.29) is 6.61 Å². The van der Waals surface area contributed by atoms with E-state index in [1.165, 1.54) is 5.56 Å². The minimum Gasteiger partial charge on any atom is -0.496 e. The molecule has 2 N–H and O–H groups in total. The largest absolute Gasteiger partial charge is 0.496 e. The standard InChI is InChI=1S/C16H20N2O2/c1-11-6-13(7-12(2)16(11)20-3)8-18-15-9-17-5-4-14(15)10-19/h4-7,9,18-19H,8,10H2,1-3H3. The highest BCUT2D eigenvalue weighted by molar-refractivity contribution is 5.50. The van der Waals surface area contributed by atoms with Crippen LogP contribution in [0.1, 0.15) is 22.3 Å². The average molecular weight is 272 g/mol. The minimum atomic E-state index is 0.00548. The van der Waals surface area contributed by atoms with Crippen LogP contribution in [0.3, 0.4) is 0 Å². The number of benzene rings is 1. The molecular formula is C16H20N2O2. The molecule has 106 valence electrons. The molecular weight excluding hydrogens is 252 g/mol. The normalized spacial score (nSPS) is 10.4. The number of ether oxygens (including phenoxy) is 1. The molecule has 0 fully saturated rings. The molecule has 1 aromatic heterocycles. The molecule has 4 nitrogen and oxygen atoms in total. The Morgan fingerprint density at radius 3 is 2.55 bits per heavy atom. The van der Waals surface area contributed by atoms with Crippen LogP contribution in [0.4, 0.5) is 5.69 Å². The highest BCUT2D eigenvalue weighted by atomic mass is 16.5. The van der Waals surface area contributed by atoms with Gasteiger partial charge in [-0.25, -0.2) is 0 Å². The number of anilines is 1. The lowest BCUT2D eigenvalue weighted by Gasteiger charge is -2.13. The van der Waals surface area contributed by atoms with E-state index in [0.29, 0.717) is 6.54 Å². The maximum atomic E-state index is 9.29. The molecule has 2 rings (SSSR count). The molecule has 0 radical (unpaired) electrons. The summed E-state index contributed by atoms with van der Waals surface area (Å²) in [6.45, 7) is 4.77.